The summed E-state index contributed by atoms with van der Waals surface area (Å²) in [6, 6.07) is 12.7. The first-order valence-electron chi connectivity index (χ1n) is 12.0. The second kappa shape index (κ2) is 8.27. The van der Waals surface area contributed by atoms with Gasteiger partial charge in [0, 0.05) is 12.1 Å². The van der Waals surface area contributed by atoms with Gasteiger partial charge in [0.05, 0.1) is 21.3 Å². The van der Waals surface area contributed by atoms with Crippen LogP contribution in [0, 0.1) is 24.2 Å². The summed E-state index contributed by atoms with van der Waals surface area (Å²) in [7, 11) is 4.70. The summed E-state index contributed by atoms with van der Waals surface area (Å²) < 4.78 is 16.3. The van der Waals surface area contributed by atoms with Gasteiger partial charge < -0.3 is 19.5 Å². The molecule has 4 saturated carbocycles. The minimum absolute atomic E-state index is 0.0885. The van der Waals surface area contributed by atoms with Crippen molar-refractivity contribution in [2.75, 3.05) is 27.9 Å². The average Bonchev–Trinajstić information content (AvgIpc) is 2.81. The number of amides is 1. The van der Waals surface area contributed by atoms with E-state index in [0.717, 1.165) is 18.4 Å². The van der Waals surface area contributed by atoms with Crippen LogP contribution in [0.5, 0.6) is 17.2 Å². The van der Waals surface area contributed by atoms with Gasteiger partial charge in [0.2, 0.25) is 5.75 Å². The molecule has 1 amide bonds. The van der Waals surface area contributed by atoms with E-state index in [4.69, 9.17) is 14.2 Å². The lowest BCUT2D eigenvalue weighted by atomic mass is 9.43. The van der Waals surface area contributed by atoms with Crippen molar-refractivity contribution in [2.24, 2.45) is 17.3 Å². The average molecular weight is 450 g/mol. The molecule has 2 unspecified atom stereocenters. The van der Waals surface area contributed by atoms with Crippen LogP contribution in [0.4, 0.5) is 0 Å². The maximum atomic E-state index is 13.2. The second-order valence-corrected chi connectivity index (χ2v) is 10.7. The third-order valence-electron chi connectivity index (χ3n) is 8.40. The van der Waals surface area contributed by atoms with Crippen molar-refractivity contribution in [2.45, 2.75) is 50.9 Å². The first kappa shape index (κ1) is 22.1. The Morgan fingerprint density at radius 3 is 2.09 bits per heavy atom. The molecule has 5 heteroatoms. The molecule has 4 fully saturated rings. The fourth-order valence-corrected chi connectivity index (χ4v) is 7.49. The quantitative estimate of drug-likeness (QED) is 0.624. The highest BCUT2D eigenvalue weighted by Gasteiger charge is 2.58. The van der Waals surface area contributed by atoms with E-state index in [1.165, 1.54) is 49.7 Å². The summed E-state index contributed by atoms with van der Waals surface area (Å²) in [5, 5.41) is 3.28. The summed E-state index contributed by atoms with van der Waals surface area (Å²) >= 11 is 0. The van der Waals surface area contributed by atoms with Crippen LogP contribution in [-0.4, -0.2) is 33.8 Å². The van der Waals surface area contributed by atoms with Crippen molar-refractivity contribution in [3.63, 3.8) is 0 Å². The highest BCUT2D eigenvalue weighted by Crippen LogP contribution is 2.65. The van der Waals surface area contributed by atoms with Crippen LogP contribution < -0.4 is 19.5 Å². The maximum absolute atomic E-state index is 13.2. The van der Waals surface area contributed by atoms with E-state index < -0.39 is 0 Å². The Hall–Kier alpha value is -2.69. The van der Waals surface area contributed by atoms with E-state index in [1.54, 1.807) is 33.5 Å². The molecule has 176 valence electrons. The first-order chi connectivity index (χ1) is 15.9. The Balaban J connectivity index is 1.37. The van der Waals surface area contributed by atoms with Crippen LogP contribution in [0.3, 0.4) is 0 Å². The number of benzene rings is 2. The standard InChI is InChI=1S/C28H35NO4/c1-18-5-7-22(8-6-18)28-14-19-9-20(15-28)13-27(12-19,16-28)17-29-26(30)21-10-23(31-2)25(33-4)24(11-21)32-3/h5-8,10-11,19-20H,9,12-17H2,1-4H3,(H,29,30). The van der Waals surface area contributed by atoms with Gasteiger partial charge in [-0.1, -0.05) is 29.8 Å². The predicted octanol–water partition coefficient (Wildman–Crippen LogP) is 5.29. The number of nitrogens with one attached hydrogen (secondary N) is 1. The van der Waals surface area contributed by atoms with E-state index in [2.05, 4.69) is 36.5 Å². The van der Waals surface area contributed by atoms with Crippen molar-refractivity contribution in [1.82, 2.24) is 5.32 Å². The lowest BCUT2D eigenvalue weighted by Gasteiger charge is -2.62. The van der Waals surface area contributed by atoms with Crippen molar-refractivity contribution >= 4 is 5.91 Å². The van der Waals surface area contributed by atoms with Gasteiger partial charge in [0.1, 0.15) is 0 Å². The first-order valence-corrected chi connectivity index (χ1v) is 12.0. The fourth-order valence-electron chi connectivity index (χ4n) is 7.49. The molecule has 4 aliphatic carbocycles. The summed E-state index contributed by atoms with van der Waals surface area (Å²) in [6.45, 7) is 2.88. The van der Waals surface area contributed by atoms with E-state index >= 15 is 0 Å². The lowest BCUT2D eigenvalue weighted by Crippen LogP contribution is -2.57. The molecule has 2 atom stereocenters. The smallest absolute Gasteiger partial charge is 0.251 e. The van der Waals surface area contributed by atoms with Gasteiger partial charge >= 0.3 is 0 Å². The molecule has 6 rings (SSSR count). The van der Waals surface area contributed by atoms with Crippen LogP contribution in [0.1, 0.15) is 60.0 Å². The summed E-state index contributed by atoms with van der Waals surface area (Å²) in [5.41, 5.74) is 3.81. The van der Waals surface area contributed by atoms with E-state index in [0.29, 0.717) is 22.8 Å². The van der Waals surface area contributed by atoms with Gasteiger partial charge in [-0.15, -0.1) is 0 Å². The third-order valence-corrected chi connectivity index (χ3v) is 8.40. The Morgan fingerprint density at radius 2 is 1.55 bits per heavy atom. The van der Waals surface area contributed by atoms with Crippen molar-refractivity contribution in [3.05, 3.63) is 53.1 Å². The number of hydrogen-bond acceptors (Lipinski definition) is 4. The fraction of sp³-hybridized carbons (Fsp3) is 0.536. The molecule has 4 bridgehead atoms. The monoisotopic (exact) mass is 449 g/mol. The molecule has 5 nitrogen and oxygen atoms in total. The molecule has 0 heterocycles. The lowest BCUT2D eigenvalue weighted by molar-refractivity contribution is -0.0697. The zero-order valence-electron chi connectivity index (χ0n) is 20.2. The Kier molecular flexibility index (Phi) is 5.54. The zero-order valence-corrected chi connectivity index (χ0v) is 20.2. The number of hydrogen-bond donors (Lipinski definition) is 1. The van der Waals surface area contributed by atoms with Crippen molar-refractivity contribution < 1.29 is 19.0 Å². The highest BCUT2D eigenvalue weighted by molar-refractivity contribution is 5.95. The second-order valence-electron chi connectivity index (χ2n) is 10.7. The normalized spacial score (nSPS) is 29.6. The van der Waals surface area contributed by atoms with E-state index in [-0.39, 0.29) is 16.7 Å². The highest BCUT2D eigenvalue weighted by atomic mass is 16.5. The summed E-state index contributed by atoms with van der Waals surface area (Å²) in [5.74, 6) is 2.94. The van der Waals surface area contributed by atoms with Crippen molar-refractivity contribution in [1.29, 1.82) is 0 Å². The molecule has 0 aliphatic heterocycles. The van der Waals surface area contributed by atoms with E-state index in [1.807, 2.05) is 0 Å². The van der Waals surface area contributed by atoms with Crippen LogP contribution in [0.15, 0.2) is 36.4 Å². The molecule has 2 aromatic rings. The number of carbonyl (C=O) groups is 1. The molecule has 0 aromatic heterocycles. The SMILES string of the molecule is COc1cc(C(=O)NCC23CC4CC(C2)CC(c2ccc(C)cc2)(C4)C3)cc(OC)c1OC. The molecule has 1 N–H and O–H groups in total. The maximum Gasteiger partial charge on any atom is 0.251 e. The predicted molar refractivity (Wildman–Crippen MR) is 128 cm³/mol. The van der Waals surface area contributed by atoms with E-state index in [9.17, 15) is 4.79 Å². The van der Waals surface area contributed by atoms with Crippen LogP contribution in [0.2, 0.25) is 0 Å². The number of aryl methyl sites for hydroxylation is 1. The molecule has 2 aromatic carbocycles. The molecule has 4 aliphatic rings. The van der Waals surface area contributed by atoms with Gasteiger partial charge in [0.15, 0.2) is 11.5 Å². The van der Waals surface area contributed by atoms with Crippen LogP contribution in [0.25, 0.3) is 0 Å². The topological polar surface area (TPSA) is 56.8 Å². The molecule has 0 spiro atoms. The zero-order chi connectivity index (χ0) is 23.2. The van der Waals surface area contributed by atoms with Crippen molar-refractivity contribution in [3.8, 4) is 17.2 Å². The molecular weight excluding hydrogens is 414 g/mol. The van der Waals surface area contributed by atoms with Gasteiger partial charge in [-0.05, 0) is 85.8 Å². The third kappa shape index (κ3) is 3.85. The summed E-state index contributed by atoms with van der Waals surface area (Å²) in [6.07, 6.45) is 7.59. The van der Waals surface area contributed by atoms with Crippen LogP contribution >= 0.6 is 0 Å². The number of ether oxygens (including phenoxy) is 3. The van der Waals surface area contributed by atoms with Gasteiger partial charge in [-0.3, -0.25) is 4.79 Å². The number of methoxy groups -OCH3 is 3. The largest absolute Gasteiger partial charge is 0.493 e. The molecule has 33 heavy (non-hydrogen) atoms. The molecule has 0 saturated heterocycles. The summed E-state index contributed by atoms with van der Waals surface area (Å²) in [4.78, 5) is 13.2. The Bertz CT molecular complexity index is 1010. The Labute approximate surface area is 196 Å². The van der Waals surface area contributed by atoms with Crippen LogP contribution in [-0.2, 0) is 5.41 Å². The number of rotatable bonds is 7. The Morgan fingerprint density at radius 1 is 0.939 bits per heavy atom. The number of carbonyl (C=O) groups excluding carboxylic acids is 1. The molecular formula is C28H35NO4. The molecule has 0 radical (unpaired) electrons. The minimum Gasteiger partial charge on any atom is -0.493 e. The van der Waals surface area contributed by atoms with Gasteiger partial charge in [-0.2, -0.15) is 0 Å². The van der Waals surface area contributed by atoms with Gasteiger partial charge in [-0.25, -0.2) is 0 Å². The minimum atomic E-state index is -0.0885. The van der Waals surface area contributed by atoms with Gasteiger partial charge in [0.25, 0.3) is 5.91 Å².